The van der Waals surface area contributed by atoms with Crippen LogP contribution in [-0.4, -0.2) is 49.1 Å². The molecule has 0 atom stereocenters. The molecular formula is C16H32IN5O. The van der Waals surface area contributed by atoms with E-state index in [9.17, 15) is 0 Å². The van der Waals surface area contributed by atoms with E-state index in [0.29, 0.717) is 0 Å². The highest BCUT2D eigenvalue weighted by atomic mass is 127. The van der Waals surface area contributed by atoms with Gasteiger partial charge < -0.3 is 15.4 Å². The van der Waals surface area contributed by atoms with Gasteiger partial charge in [-0.25, -0.2) is 0 Å². The van der Waals surface area contributed by atoms with E-state index in [1.165, 1.54) is 5.69 Å². The van der Waals surface area contributed by atoms with Gasteiger partial charge in [0.1, 0.15) is 0 Å². The number of nitrogens with zero attached hydrogens (tertiary/aromatic N) is 3. The smallest absolute Gasteiger partial charge is 0.190 e. The molecule has 0 unspecified atom stereocenters. The van der Waals surface area contributed by atoms with Gasteiger partial charge in [-0.2, -0.15) is 5.10 Å². The number of hydrogen-bond donors (Lipinski definition) is 2. The van der Waals surface area contributed by atoms with Crippen molar-refractivity contribution in [1.82, 2.24) is 20.4 Å². The quantitative estimate of drug-likeness (QED) is 0.256. The first-order chi connectivity index (χ1) is 10.7. The van der Waals surface area contributed by atoms with E-state index in [1.54, 1.807) is 7.05 Å². The van der Waals surface area contributed by atoms with Crippen LogP contribution in [0.25, 0.3) is 0 Å². The molecule has 134 valence electrons. The molecule has 0 radical (unpaired) electrons. The van der Waals surface area contributed by atoms with Crippen molar-refractivity contribution in [3.63, 3.8) is 0 Å². The third kappa shape index (κ3) is 9.80. The maximum Gasteiger partial charge on any atom is 0.190 e. The van der Waals surface area contributed by atoms with Crippen molar-refractivity contribution in [3.8, 4) is 0 Å². The van der Waals surface area contributed by atoms with E-state index in [1.807, 2.05) is 13.8 Å². The fourth-order valence-corrected chi connectivity index (χ4v) is 2.24. The fraction of sp³-hybridized carbons (Fsp3) is 0.750. The predicted octanol–water partition coefficient (Wildman–Crippen LogP) is 2.49. The Hall–Kier alpha value is -0.830. The van der Waals surface area contributed by atoms with Gasteiger partial charge in [0.05, 0.1) is 5.69 Å². The summed E-state index contributed by atoms with van der Waals surface area (Å²) in [5.41, 5.74) is 2.30. The zero-order valence-electron chi connectivity index (χ0n) is 14.9. The SMILES string of the molecule is CCOCCCCNC(=NC)NCCCn1nc(C)cc1C.I. The Morgan fingerprint density at radius 3 is 2.48 bits per heavy atom. The van der Waals surface area contributed by atoms with Crippen molar-refractivity contribution in [3.05, 3.63) is 17.5 Å². The second kappa shape index (κ2) is 13.6. The third-order valence-electron chi connectivity index (χ3n) is 3.38. The van der Waals surface area contributed by atoms with Crippen LogP contribution >= 0.6 is 24.0 Å². The number of rotatable bonds is 10. The van der Waals surface area contributed by atoms with Gasteiger partial charge in [0.2, 0.25) is 0 Å². The number of aryl methyl sites for hydroxylation is 3. The van der Waals surface area contributed by atoms with Gasteiger partial charge in [0.15, 0.2) is 5.96 Å². The van der Waals surface area contributed by atoms with Gasteiger partial charge in [-0.05, 0) is 46.1 Å². The van der Waals surface area contributed by atoms with E-state index < -0.39 is 0 Å². The molecule has 0 amide bonds. The summed E-state index contributed by atoms with van der Waals surface area (Å²) in [6, 6.07) is 2.11. The summed E-state index contributed by atoms with van der Waals surface area (Å²) in [7, 11) is 1.80. The molecule has 0 aliphatic rings. The number of aliphatic imine (C=N–C) groups is 1. The molecule has 0 bridgehead atoms. The van der Waals surface area contributed by atoms with Crippen LogP contribution in [0, 0.1) is 13.8 Å². The molecule has 0 spiro atoms. The zero-order valence-corrected chi connectivity index (χ0v) is 17.2. The largest absolute Gasteiger partial charge is 0.382 e. The lowest BCUT2D eigenvalue weighted by molar-refractivity contribution is 0.143. The van der Waals surface area contributed by atoms with E-state index in [-0.39, 0.29) is 24.0 Å². The van der Waals surface area contributed by atoms with Crippen LogP contribution in [0.3, 0.4) is 0 Å². The summed E-state index contributed by atoms with van der Waals surface area (Å²) < 4.78 is 7.37. The number of nitrogens with one attached hydrogen (secondary N) is 2. The second-order valence-electron chi connectivity index (χ2n) is 5.33. The van der Waals surface area contributed by atoms with Gasteiger partial charge in [-0.3, -0.25) is 9.67 Å². The van der Waals surface area contributed by atoms with Gasteiger partial charge in [-0.1, -0.05) is 0 Å². The van der Waals surface area contributed by atoms with Crippen LogP contribution in [-0.2, 0) is 11.3 Å². The molecule has 0 aliphatic heterocycles. The van der Waals surface area contributed by atoms with Crippen LogP contribution < -0.4 is 10.6 Å². The average Bonchev–Trinajstić information content (AvgIpc) is 2.82. The Kier molecular flexibility index (Phi) is 13.1. The molecule has 1 aromatic rings. The van der Waals surface area contributed by atoms with Gasteiger partial charge in [0, 0.05) is 45.6 Å². The molecule has 0 fully saturated rings. The Labute approximate surface area is 157 Å². The molecule has 0 aliphatic carbocycles. The van der Waals surface area contributed by atoms with Crippen LogP contribution in [0.1, 0.15) is 37.6 Å². The Morgan fingerprint density at radius 2 is 1.91 bits per heavy atom. The minimum absolute atomic E-state index is 0. The molecule has 6 nitrogen and oxygen atoms in total. The maximum atomic E-state index is 5.32. The third-order valence-corrected chi connectivity index (χ3v) is 3.38. The maximum absolute atomic E-state index is 5.32. The number of unbranched alkanes of at least 4 members (excludes halogenated alkanes) is 1. The molecule has 1 aromatic heterocycles. The van der Waals surface area contributed by atoms with Crippen LogP contribution in [0.15, 0.2) is 11.1 Å². The molecule has 1 rings (SSSR count). The van der Waals surface area contributed by atoms with Gasteiger partial charge in [0.25, 0.3) is 0 Å². The Bertz CT molecular complexity index is 448. The summed E-state index contributed by atoms with van der Waals surface area (Å²) in [5.74, 6) is 0.866. The highest BCUT2D eigenvalue weighted by molar-refractivity contribution is 14.0. The van der Waals surface area contributed by atoms with Crippen LogP contribution in [0.5, 0.6) is 0 Å². The summed E-state index contributed by atoms with van der Waals surface area (Å²) in [6.07, 6.45) is 3.19. The Balaban J connectivity index is 0.00000484. The minimum atomic E-state index is 0. The minimum Gasteiger partial charge on any atom is -0.382 e. The number of aromatic nitrogens is 2. The molecular weight excluding hydrogens is 405 g/mol. The Morgan fingerprint density at radius 1 is 1.22 bits per heavy atom. The van der Waals surface area contributed by atoms with Gasteiger partial charge in [-0.15, -0.1) is 24.0 Å². The van der Waals surface area contributed by atoms with Gasteiger partial charge >= 0.3 is 0 Å². The van der Waals surface area contributed by atoms with E-state index in [4.69, 9.17) is 4.74 Å². The molecule has 0 saturated heterocycles. The van der Waals surface area contributed by atoms with E-state index >= 15 is 0 Å². The fourth-order valence-electron chi connectivity index (χ4n) is 2.24. The predicted molar refractivity (Wildman–Crippen MR) is 107 cm³/mol. The molecule has 7 heteroatoms. The highest BCUT2D eigenvalue weighted by Crippen LogP contribution is 2.02. The number of ether oxygens (including phenoxy) is 1. The monoisotopic (exact) mass is 437 g/mol. The summed E-state index contributed by atoms with van der Waals surface area (Å²) in [5, 5.41) is 11.1. The lowest BCUT2D eigenvalue weighted by Gasteiger charge is -2.12. The summed E-state index contributed by atoms with van der Waals surface area (Å²) >= 11 is 0. The molecule has 0 aromatic carbocycles. The molecule has 2 N–H and O–H groups in total. The van der Waals surface area contributed by atoms with E-state index in [0.717, 1.165) is 63.8 Å². The molecule has 1 heterocycles. The van der Waals surface area contributed by atoms with Crippen LogP contribution in [0.2, 0.25) is 0 Å². The lowest BCUT2D eigenvalue weighted by Crippen LogP contribution is -2.38. The number of guanidine groups is 1. The first kappa shape index (κ1) is 22.2. The molecule has 0 saturated carbocycles. The number of hydrogen-bond acceptors (Lipinski definition) is 3. The highest BCUT2D eigenvalue weighted by Gasteiger charge is 2.01. The van der Waals surface area contributed by atoms with Crippen molar-refractivity contribution in [1.29, 1.82) is 0 Å². The van der Waals surface area contributed by atoms with Crippen LogP contribution in [0.4, 0.5) is 0 Å². The van der Waals surface area contributed by atoms with Crippen molar-refractivity contribution < 1.29 is 4.74 Å². The van der Waals surface area contributed by atoms with Crippen molar-refractivity contribution in [2.75, 3.05) is 33.4 Å². The lowest BCUT2D eigenvalue weighted by atomic mass is 10.3. The topological polar surface area (TPSA) is 63.5 Å². The number of halogens is 1. The van der Waals surface area contributed by atoms with Crippen molar-refractivity contribution >= 4 is 29.9 Å². The average molecular weight is 437 g/mol. The first-order valence-corrected chi connectivity index (χ1v) is 8.20. The summed E-state index contributed by atoms with van der Waals surface area (Å²) in [6.45, 7) is 10.5. The van der Waals surface area contributed by atoms with Crippen molar-refractivity contribution in [2.45, 2.75) is 46.6 Å². The molecule has 23 heavy (non-hydrogen) atoms. The van der Waals surface area contributed by atoms with E-state index in [2.05, 4.69) is 38.4 Å². The standard InChI is InChI=1S/C16H31N5O.HI/c1-5-22-12-7-6-9-18-16(17-4)19-10-8-11-21-15(3)13-14(2)20-21;/h13H,5-12H2,1-4H3,(H2,17,18,19);1H. The van der Waals surface area contributed by atoms with Crippen molar-refractivity contribution in [2.24, 2.45) is 4.99 Å². The first-order valence-electron chi connectivity index (χ1n) is 8.20. The second-order valence-corrected chi connectivity index (χ2v) is 5.33. The summed E-state index contributed by atoms with van der Waals surface area (Å²) in [4.78, 5) is 4.23. The zero-order chi connectivity index (χ0) is 16.2. The normalized spacial score (nSPS) is 11.2.